The van der Waals surface area contributed by atoms with E-state index in [2.05, 4.69) is 5.32 Å². The zero-order valence-electron chi connectivity index (χ0n) is 8.20. The first kappa shape index (κ1) is 12.3. The third-order valence-corrected chi connectivity index (χ3v) is 2.27. The van der Waals surface area contributed by atoms with Crippen molar-refractivity contribution in [2.24, 2.45) is 0 Å². The minimum Gasteiger partial charge on any atom is -0.394 e. The van der Waals surface area contributed by atoms with E-state index in [1.54, 1.807) is 0 Å². The molecular weight excluding hydrogens is 207 g/mol. The van der Waals surface area contributed by atoms with Gasteiger partial charge in [0.05, 0.1) is 6.61 Å². The van der Waals surface area contributed by atoms with E-state index < -0.39 is 43.2 Å². The minimum atomic E-state index is -1.45. The maximum absolute atomic E-state index is 10.7. The van der Waals surface area contributed by atoms with Crippen molar-refractivity contribution in [3.63, 3.8) is 0 Å². The number of aliphatic hydroxyl groups excluding tert-OH is 4. The van der Waals surface area contributed by atoms with Gasteiger partial charge in [-0.3, -0.25) is 4.79 Å². The van der Waals surface area contributed by atoms with E-state index in [0.29, 0.717) is 0 Å². The number of carbonyl (C=O) groups excluding carboxylic acids is 1. The Labute approximate surface area is 86.3 Å². The molecule has 0 aromatic heterocycles. The summed E-state index contributed by atoms with van der Waals surface area (Å²) in [6.07, 6.45) is -5.24. The normalized spacial score (nSPS) is 41.3. The molecule has 0 aromatic carbocycles. The molecule has 0 bridgehead atoms. The average Bonchev–Trinajstić information content (AvgIpc) is 2.18. The largest absolute Gasteiger partial charge is 0.394 e. The fourth-order valence-electron chi connectivity index (χ4n) is 1.49. The molecule has 1 fully saturated rings. The number of hydrogen-bond donors (Lipinski definition) is 5. The SMILES string of the molecule is CC(=O)[15NH][C@H]1C(O)O[C@H](CO)[C@@H](O)[C@@H]1O. The zero-order chi connectivity index (χ0) is 11.6. The van der Waals surface area contributed by atoms with E-state index in [0.717, 1.165) is 0 Å². The minimum absolute atomic E-state index is 0.462. The van der Waals surface area contributed by atoms with Crippen LogP contribution >= 0.6 is 0 Å². The van der Waals surface area contributed by atoms with Crippen LogP contribution in [0.5, 0.6) is 0 Å². The lowest BCUT2D eigenvalue weighted by Crippen LogP contribution is -2.63. The number of nitrogens with one attached hydrogen (secondary N) is 1. The molecule has 15 heavy (non-hydrogen) atoms. The Bertz CT molecular complexity index is 235. The fraction of sp³-hybridized carbons (Fsp3) is 0.875. The van der Waals surface area contributed by atoms with Crippen LogP contribution in [0.25, 0.3) is 0 Å². The second-order valence-corrected chi connectivity index (χ2v) is 3.46. The molecule has 1 unspecified atom stereocenters. The Morgan fingerprint density at radius 1 is 1.33 bits per heavy atom. The average molecular weight is 222 g/mol. The molecule has 0 spiro atoms. The number of amides is 1. The summed E-state index contributed by atoms with van der Waals surface area (Å²) in [7, 11) is 0. The molecule has 0 aromatic rings. The molecule has 1 amide bonds. The van der Waals surface area contributed by atoms with Crippen molar-refractivity contribution in [1.29, 1.82) is 0 Å². The lowest BCUT2D eigenvalue weighted by Gasteiger charge is -2.40. The fourth-order valence-corrected chi connectivity index (χ4v) is 1.49. The van der Waals surface area contributed by atoms with Gasteiger partial charge < -0.3 is 30.5 Å². The number of hydrogen-bond acceptors (Lipinski definition) is 6. The van der Waals surface area contributed by atoms with Gasteiger partial charge in [-0.2, -0.15) is 0 Å². The number of rotatable bonds is 2. The van der Waals surface area contributed by atoms with Crippen LogP contribution in [0.3, 0.4) is 0 Å². The van der Waals surface area contributed by atoms with E-state index in [1.807, 2.05) is 0 Å². The van der Waals surface area contributed by atoms with Crippen LogP contribution in [-0.4, -0.2) is 63.6 Å². The molecule has 0 aliphatic carbocycles. The van der Waals surface area contributed by atoms with E-state index in [9.17, 15) is 20.1 Å². The lowest BCUT2D eigenvalue weighted by atomic mass is 9.98. The number of ether oxygens (including phenoxy) is 1. The van der Waals surface area contributed by atoms with E-state index in [4.69, 9.17) is 9.84 Å². The molecule has 1 rings (SSSR count). The topological polar surface area (TPSA) is 119 Å². The van der Waals surface area contributed by atoms with Crippen molar-refractivity contribution < 1.29 is 30.0 Å². The highest BCUT2D eigenvalue weighted by atomic mass is 16.6. The van der Waals surface area contributed by atoms with Crippen LogP contribution in [0.4, 0.5) is 0 Å². The van der Waals surface area contributed by atoms with E-state index in [1.165, 1.54) is 6.92 Å². The summed E-state index contributed by atoms with van der Waals surface area (Å²) in [5.74, 6) is -0.462. The van der Waals surface area contributed by atoms with Crippen LogP contribution in [0.2, 0.25) is 0 Å². The van der Waals surface area contributed by atoms with Crippen LogP contribution in [0, 0.1) is 0 Å². The molecular formula is C8H15NO6. The zero-order valence-corrected chi connectivity index (χ0v) is 8.20. The van der Waals surface area contributed by atoms with Gasteiger partial charge >= 0.3 is 0 Å². The highest BCUT2D eigenvalue weighted by molar-refractivity contribution is 5.73. The summed E-state index contributed by atoms with van der Waals surface area (Å²) in [6, 6.07) is -1.10. The smallest absolute Gasteiger partial charge is 0.217 e. The Kier molecular flexibility index (Phi) is 4.00. The second-order valence-electron chi connectivity index (χ2n) is 3.46. The molecule has 7 heteroatoms. The van der Waals surface area contributed by atoms with Gasteiger partial charge in [-0.05, 0) is 0 Å². The van der Waals surface area contributed by atoms with Gasteiger partial charge in [0.15, 0.2) is 6.29 Å². The standard InChI is InChI=1S/C8H15NO6/c1-3(11)9-5-7(13)6(12)4(2-10)15-8(5)14/h4-8,10,12-14H,2H2,1H3,(H,9,11)/t4-,5-,6-,7-,8?/m1/s1/i9+1. The highest BCUT2D eigenvalue weighted by Crippen LogP contribution is 2.19. The summed E-state index contributed by atoms with van der Waals surface area (Å²) in [4.78, 5) is 10.7. The maximum atomic E-state index is 10.7. The predicted molar refractivity (Wildman–Crippen MR) is 47.6 cm³/mol. The van der Waals surface area contributed by atoms with Gasteiger partial charge in [0.25, 0.3) is 0 Å². The molecule has 5 atom stereocenters. The van der Waals surface area contributed by atoms with Crippen LogP contribution in [0.1, 0.15) is 6.92 Å². The first-order valence-corrected chi connectivity index (χ1v) is 4.55. The quantitative estimate of drug-likeness (QED) is 0.316. The molecule has 7 nitrogen and oxygen atoms in total. The van der Waals surface area contributed by atoms with E-state index in [-0.39, 0.29) is 0 Å². The monoisotopic (exact) mass is 222 g/mol. The Balaban J connectivity index is 2.70. The van der Waals surface area contributed by atoms with Crippen LogP contribution in [0.15, 0.2) is 0 Å². The molecule has 1 aliphatic rings. The van der Waals surface area contributed by atoms with Crippen molar-refractivity contribution in [1.82, 2.24) is 5.32 Å². The number of aliphatic hydroxyl groups is 4. The van der Waals surface area contributed by atoms with Gasteiger partial charge in [-0.15, -0.1) is 0 Å². The van der Waals surface area contributed by atoms with Gasteiger partial charge in [-0.25, -0.2) is 0 Å². The second kappa shape index (κ2) is 4.86. The summed E-state index contributed by atoms with van der Waals surface area (Å²) >= 11 is 0. The maximum Gasteiger partial charge on any atom is 0.217 e. The highest BCUT2D eigenvalue weighted by Gasteiger charge is 2.43. The third-order valence-electron chi connectivity index (χ3n) is 2.27. The molecule has 5 N–H and O–H groups in total. The molecule has 88 valence electrons. The van der Waals surface area contributed by atoms with Crippen molar-refractivity contribution in [2.75, 3.05) is 6.61 Å². The summed E-state index contributed by atoms with van der Waals surface area (Å²) < 4.78 is 4.81. The summed E-state index contributed by atoms with van der Waals surface area (Å²) in [6.45, 7) is 0.687. The summed E-state index contributed by atoms with van der Waals surface area (Å²) in [5.41, 5.74) is 0. The third kappa shape index (κ3) is 2.64. The Morgan fingerprint density at radius 2 is 1.93 bits per heavy atom. The molecule has 0 radical (unpaired) electrons. The predicted octanol–water partition coefficient (Wildman–Crippen LogP) is -3.08. The molecule has 1 heterocycles. The molecule has 1 aliphatic heterocycles. The Hall–Kier alpha value is -0.730. The first-order valence-electron chi connectivity index (χ1n) is 4.55. The van der Waals surface area contributed by atoms with Crippen LogP contribution < -0.4 is 5.32 Å². The summed E-state index contributed by atoms with van der Waals surface area (Å²) in [5, 5.41) is 39.4. The van der Waals surface area contributed by atoms with E-state index >= 15 is 0 Å². The van der Waals surface area contributed by atoms with Gasteiger partial charge in [-0.1, -0.05) is 0 Å². The first-order chi connectivity index (χ1) is 6.97. The van der Waals surface area contributed by atoms with Crippen molar-refractivity contribution >= 4 is 5.91 Å². The molecule has 0 saturated carbocycles. The van der Waals surface area contributed by atoms with Crippen molar-refractivity contribution in [3.8, 4) is 0 Å². The van der Waals surface area contributed by atoms with Gasteiger partial charge in [0.2, 0.25) is 5.91 Å². The van der Waals surface area contributed by atoms with Crippen molar-refractivity contribution in [2.45, 2.75) is 37.6 Å². The Morgan fingerprint density at radius 3 is 2.40 bits per heavy atom. The number of carbonyl (C=O) groups is 1. The van der Waals surface area contributed by atoms with Crippen molar-refractivity contribution in [3.05, 3.63) is 0 Å². The van der Waals surface area contributed by atoms with Gasteiger partial charge in [0.1, 0.15) is 24.4 Å². The lowest BCUT2D eigenvalue weighted by molar-refractivity contribution is -0.253. The molecule has 1 saturated heterocycles. The van der Waals surface area contributed by atoms with Crippen LogP contribution in [-0.2, 0) is 9.53 Å². The van der Waals surface area contributed by atoms with Gasteiger partial charge in [0, 0.05) is 6.92 Å².